The van der Waals surface area contributed by atoms with Crippen LogP contribution >= 0.6 is 0 Å². The SMILES string of the molecule is CCNC(=NCC(C)c1ccccc1)N1CCN(c2ncccn2)CC1. The summed E-state index contributed by atoms with van der Waals surface area (Å²) in [5.41, 5.74) is 1.33. The van der Waals surface area contributed by atoms with E-state index in [1.807, 2.05) is 6.07 Å². The molecule has 3 rings (SSSR count). The van der Waals surface area contributed by atoms with Gasteiger partial charge in [-0.1, -0.05) is 37.3 Å². The minimum Gasteiger partial charge on any atom is -0.357 e. The molecule has 2 aromatic rings. The van der Waals surface area contributed by atoms with Crippen molar-refractivity contribution in [2.75, 3.05) is 44.2 Å². The van der Waals surface area contributed by atoms with Crippen molar-refractivity contribution in [1.82, 2.24) is 20.2 Å². The lowest BCUT2D eigenvalue weighted by molar-refractivity contribution is 0.370. The number of nitrogens with zero attached hydrogens (tertiary/aromatic N) is 5. The lowest BCUT2D eigenvalue weighted by Crippen LogP contribution is -2.53. The average Bonchev–Trinajstić information content (AvgIpc) is 2.72. The topological polar surface area (TPSA) is 56.7 Å². The Morgan fingerprint density at radius 2 is 1.77 bits per heavy atom. The number of aromatic nitrogens is 2. The summed E-state index contributed by atoms with van der Waals surface area (Å²) in [5, 5.41) is 3.44. The monoisotopic (exact) mass is 352 g/mol. The number of hydrogen-bond donors (Lipinski definition) is 1. The van der Waals surface area contributed by atoms with Gasteiger partial charge in [-0.2, -0.15) is 0 Å². The van der Waals surface area contributed by atoms with Crippen LogP contribution in [-0.2, 0) is 0 Å². The van der Waals surface area contributed by atoms with Gasteiger partial charge in [0.2, 0.25) is 5.95 Å². The fourth-order valence-corrected chi connectivity index (χ4v) is 3.11. The Balaban J connectivity index is 1.59. The van der Waals surface area contributed by atoms with E-state index in [9.17, 15) is 0 Å². The molecule has 1 atom stereocenters. The van der Waals surface area contributed by atoms with E-state index in [1.165, 1.54) is 5.56 Å². The lowest BCUT2D eigenvalue weighted by Gasteiger charge is -2.36. The molecule has 0 radical (unpaired) electrons. The zero-order chi connectivity index (χ0) is 18.2. The molecule has 1 aliphatic rings. The first-order valence-electron chi connectivity index (χ1n) is 9.38. The molecule has 26 heavy (non-hydrogen) atoms. The third kappa shape index (κ3) is 4.71. The van der Waals surface area contributed by atoms with Crippen molar-refractivity contribution in [2.45, 2.75) is 19.8 Å². The summed E-state index contributed by atoms with van der Waals surface area (Å²) in [4.78, 5) is 18.2. The van der Waals surface area contributed by atoms with E-state index in [-0.39, 0.29) is 0 Å². The summed E-state index contributed by atoms with van der Waals surface area (Å²) in [6.07, 6.45) is 3.59. The molecule has 1 aromatic carbocycles. The van der Waals surface area contributed by atoms with Crippen molar-refractivity contribution < 1.29 is 0 Å². The molecule has 1 N–H and O–H groups in total. The Hall–Kier alpha value is -2.63. The van der Waals surface area contributed by atoms with Crippen LogP contribution in [0.4, 0.5) is 5.95 Å². The first kappa shape index (κ1) is 18.2. The van der Waals surface area contributed by atoms with Crippen LogP contribution in [0.15, 0.2) is 53.8 Å². The van der Waals surface area contributed by atoms with Gasteiger partial charge in [-0.15, -0.1) is 0 Å². The quantitative estimate of drug-likeness (QED) is 0.661. The molecule has 1 aliphatic heterocycles. The molecule has 1 fully saturated rings. The highest BCUT2D eigenvalue weighted by molar-refractivity contribution is 5.80. The van der Waals surface area contributed by atoms with E-state index in [0.717, 1.165) is 51.2 Å². The third-order valence-electron chi connectivity index (χ3n) is 4.63. The maximum Gasteiger partial charge on any atom is 0.225 e. The molecule has 1 aromatic heterocycles. The second-order valence-electron chi connectivity index (χ2n) is 6.53. The zero-order valence-corrected chi connectivity index (χ0v) is 15.7. The van der Waals surface area contributed by atoms with Crippen LogP contribution in [0.3, 0.4) is 0 Å². The van der Waals surface area contributed by atoms with Gasteiger partial charge in [0.05, 0.1) is 0 Å². The minimum atomic E-state index is 0.406. The van der Waals surface area contributed by atoms with Crippen LogP contribution in [-0.4, -0.2) is 60.1 Å². The summed E-state index contributed by atoms with van der Waals surface area (Å²) in [6, 6.07) is 12.4. The van der Waals surface area contributed by atoms with Gasteiger partial charge in [-0.05, 0) is 18.6 Å². The number of anilines is 1. The van der Waals surface area contributed by atoms with Crippen molar-refractivity contribution >= 4 is 11.9 Å². The summed E-state index contributed by atoms with van der Waals surface area (Å²) in [6.45, 7) is 9.66. The number of piperazine rings is 1. The second-order valence-corrected chi connectivity index (χ2v) is 6.53. The second kappa shape index (κ2) is 9.17. The Morgan fingerprint density at radius 1 is 1.08 bits per heavy atom. The molecule has 1 saturated heterocycles. The van der Waals surface area contributed by atoms with E-state index >= 15 is 0 Å². The number of benzene rings is 1. The Kier molecular flexibility index (Phi) is 6.41. The van der Waals surface area contributed by atoms with Gasteiger partial charge in [0, 0.05) is 57.6 Å². The van der Waals surface area contributed by atoms with Gasteiger partial charge >= 0.3 is 0 Å². The van der Waals surface area contributed by atoms with E-state index < -0.39 is 0 Å². The number of rotatable bonds is 5. The molecule has 0 amide bonds. The zero-order valence-electron chi connectivity index (χ0n) is 15.7. The first-order chi connectivity index (χ1) is 12.8. The Morgan fingerprint density at radius 3 is 2.42 bits per heavy atom. The van der Waals surface area contributed by atoms with Crippen molar-refractivity contribution in [2.24, 2.45) is 4.99 Å². The molecule has 0 aliphatic carbocycles. The van der Waals surface area contributed by atoms with Crippen LogP contribution < -0.4 is 10.2 Å². The van der Waals surface area contributed by atoms with Crippen molar-refractivity contribution in [3.63, 3.8) is 0 Å². The minimum absolute atomic E-state index is 0.406. The predicted octanol–water partition coefficient (Wildman–Crippen LogP) is 2.37. The van der Waals surface area contributed by atoms with Gasteiger partial charge in [0.1, 0.15) is 0 Å². The van der Waals surface area contributed by atoms with Crippen LogP contribution in [0.2, 0.25) is 0 Å². The number of hydrogen-bond acceptors (Lipinski definition) is 4. The lowest BCUT2D eigenvalue weighted by atomic mass is 10.0. The molecule has 6 heteroatoms. The van der Waals surface area contributed by atoms with Gasteiger partial charge in [-0.25, -0.2) is 9.97 Å². The highest BCUT2D eigenvalue weighted by Gasteiger charge is 2.21. The van der Waals surface area contributed by atoms with Crippen LogP contribution in [0.25, 0.3) is 0 Å². The maximum atomic E-state index is 4.89. The Labute approximate surface area is 156 Å². The van der Waals surface area contributed by atoms with E-state index in [4.69, 9.17) is 4.99 Å². The highest BCUT2D eigenvalue weighted by Crippen LogP contribution is 2.15. The van der Waals surface area contributed by atoms with Gasteiger partial charge < -0.3 is 15.1 Å². The van der Waals surface area contributed by atoms with Crippen molar-refractivity contribution in [3.05, 3.63) is 54.4 Å². The van der Waals surface area contributed by atoms with Crippen LogP contribution in [0.1, 0.15) is 25.3 Å². The molecule has 6 nitrogen and oxygen atoms in total. The van der Waals surface area contributed by atoms with Crippen LogP contribution in [0, 0.1) is 0 Å². The van der Waals surface area contributed by atoms with Crippen LogP contribution in [0.5, 0.6) is 0 Å². The predicted molar refractivity (Wildman–Crippen MR) is 107 cm³/mol. The number of guanidine groups is 1. The standard InChI is InChI=1S/C20H28N6/c1-3-21-19(24-16-17(2)18-8-5-4-6-9-18)25-12-14-26(15-13-25)20-22-10-7-11-23-20/h4-11,17H,3,12-16H2,1-2H3,(H,21,24). The molecule has 2 heterocycles. The van der Waals surface area contributed by atoms with Crippen molar-refractivity contribution in [1.29, 1.82) is 0 Å². The van der Waals surface area contributed by atoms with Gasteiger partial charge in [-0.3, -0.25) is 4.99 Å². The highest BCUT2D eigenvalue weighted by atomic mass is 15.4. The summed E-state index contributed by atoms with van der Waals surface area (Å²) < 4.78 is 0. The molecule has 1 unspecified atom stereocenters. The summed E-state index contributed by atoms with van der Waals surface area (Å²) >= 11 is 0. The molecule has 138 valence electrons. The van der Waals surface area contributed by atoms with E-state index in [2.05, 4.69) is 69.3 Å². The normalized spacial score (nSPS) is 16.5. The molecule has 0 saturated carbocycles. The Bertz CT molecular complexity index is 680. The molecular formula is C20H28N6. The fraction of sp³-hybridized carbons (Fsp3) is 0.450. The number of nitrogens with one attached hydrogen (secondary N) is 1. The van der Waals surface area contributed by atoms with E-state index in [0.29, 0.717) is 5.92 Å². The number of aliphatic imine (C=N–C) groups is 1. The van der Waals surface area contributed by atoms with Crippen molar-refractivity contribution in [3.8, 4) is 0 Å². The van der Waals surface area contributed by atoms with E-state index in [1.54, 1.807) is 12.4 Å². The summed E-state index contributed by atoms with van der Waals surface area (Å²) in [7, 11) is 0. The largest absolute Gasteiger partial charge is 0.357 e. The molecular weight excluding hydrogens is 324 g/mol. The summed E-state index contributed by atoms with van der Waals surface area (Å²) in [5.74, 6) is 2.22. The molecule has 0 bridgehead atoms. The average molecular weight is 352 g/mol. The molecule has 0 spiro atoms. The third-order valence-corrected chi connectivity index (χ3v) is 4.63. The smallest absolute Gasteiger partial charge is 0.225 e. The maximum absolute atomic E-state index is 4.89. The first-order valence-corrected chi connectivity index (χ1v) is 9.38. The van der Waals surface area contributed by atoms with Gasteiger partial charge in [0.15, 0.2) is 5.96 Å². The van der Waals surface area contributed by atoms with Gasteiger partial charge in [0.25, 0.3) is 0 Å². The fourth-order valence-electron chi connectivity index (χ4n) is 3.11.